The molecule has 1 aliphatic rings. The summed E-state index contributed by atoms with van der Waals surface area (Å²) >= 11 is 1.41. The minimum Gasteiger partial charge on any atom is -0.497 e. The number of rotatable bonds is 3. The Morgan fingerprint density at radius 3 is 3.00 bits per heavy atom. The van der Waals surface area contributed by atoms with Crippen molar-refractivity contribution in [2.24, 2.45) is 0 Å². The predicted octanol–water partition coefficient (Wildman–Crippen LogP) is 3.18. The van der Waals surface area contributed by atoms with Crippen LogP contribution in [0.3, 0.4) is 0 Å². The Bertz CT molecular complexity index is 960. The first kappa shape index (κ1) is 16.0. The highest BCUT2D eigenvalue weighted by molar-refractivity contribution is 7.17. The monoisotopic (exact) mass is 356 g/mol. The third kappa shape index (κ3) is 2.64. The van der Waals surface area contributed by atoms with Crippen LogP contribution in [0.1, 0.15) is 26.6 Å². The molecule has 2 aromatic heterocycles. The lowest BCUT2D eigenvalue weighted by molar-refractivity contribution is 0.0739. The molecule has 3 heterocycles. The van der Waals surface area contributed by atoms with Gasteiger partial charge < -0.3 is 19.9 Å². The van der Waals surface area contributed by atoms with Gasteiger partial charge in [-0.2, -0.15) is 0 Å². The molecule has 0 saturated carbocycles. The number of aromatic amines is 1. The summed E-state index contributed by atoms with van der Waals surface area (Å²) < 4.78 is 5.35. The molecule has 0 unspecified atom stereocenters. The maximum absolute atomic E-state index is 13.0. The van der Waals surface area contributed by atoms with Gasteiger partial charge in [0.15, 0.2) is 5.13 Å². The summed E-state index contributed by atoms with van der Waals surface area (Å²) in [7, 11) is 3.49. The number of benzene rings is 1. The Labute approximate surface area is 149 Å². The van der Waals surface area contributed by atoms with E-state index in [2.05, 4.69) is 15.3 Å². The molecule has 130 valence electrons. The number of nitrogens with zero attached hydrogens (tertiary/aromatic N) is 2. The lowest BCUT2D eigenvalue weighted by atomic mass is 10.0. The third-order valence-corrected chi connectivity index (χ3v) is 5.84. The number of fused-ring (bicyclic) bond motifs is 3. The van der Waals surface area contributed by atoms with E-state index >= 15 is 0 Å². The van der Waals surface area contributed by atoms with Crippen LogP contribution in [-0.2, 0) is 13.0 Å². The highest BCUT2D eigenvalue weighted by Crippen LogP contribution is 2.32. The second-order valence-corrected chi connectivity index (χ2v) is 7.15. The molecule has 0 radical (unpaired) electrons. The molecular weight excluding hydrogens is 336 g/mol. The first-order valence-corrected chi connectivity index (χ1v) is 9.04. The van der Waals surface area contributed by atoms with Gasteiger partial charge in [-0.15, -0.1) is 0 Å². The Morgan fingerprint density at radius 1 is 1.44 bits per heavy atom. The molecule has 25 heavy (non-hydrogen) atoms. The van der Waals surface area contributed by atoms with Gasteiger partial charge in [0.05, 0.1) is 12.8 Å². The molecule has 7 heteroatoms. The molecule has 0 fully saturated rings. The van der Waals surface area contributed by atoms with Crippen LogP contribution in [0, 0.1) is 6.92 Å². The van der Waals surface area contributed by atoms with E-state index < -0.39 is 0 Å². The van der Waals surface area contributed by atoms with Crippen molar-refractivity contribution < 1.29 is 9.53 Å². The predicted molar refractivity (Wildman–Crippen MR) is 99.7 cm³/mol. The Morgan fingerprint density at radius 2 is 2.28 bits per heavy atom. The van der Waals surface area contributed by atoms with Crippen molar-refractivity contribution in [3.8, 4) is 5.75 Å². The molecule has 6 nitrogen and oxygen atoms in total. The summed E-state index contributed by atoms with van der Waals surface area (Å²) in [5.41, 5.74) is 4.27. The van der Waals surface area contributed by atoms with Gasteiger partial charge in [0, 0.05) is 48.7 Å². The van der Waals surface area contributed by atoms with Gasteiger partial charge in [0.25, 0.3) is 5.91 Å². The van der Waals surface area contributed by atoms with E-state index in [1.165, 1.54) is 22.6 Å². The molecule has 4 rings (SSSR count). The van der Waals surface area contributed by atoms with E-state index in [0.717, 1.165) is 33.9 Å². The minimum atomic E-state index is 0.0550. The van der Waals surface area contributed by atoms with E-state index in [0.29, 0.717) is 18.0 Å². The number of amides is 1. The fraction of sp³-hybridized carbons (Fsp3) is 0.333. The maximum atomic E-state index is 13.0. The molecule has 0 aliphatic carbocycles. The van der Waals surface area contributed by atoms with Crippen LogP contribution in [0.2, 0.25) is 0 Å². The van der Waals surface area contributed by atoms with Crippen LogP contribution < -0.4 is 10.1 Å². The van der Waals surface area contributed by atoms with Gasteiger partial charge in [-0.05, 0) is 25.1 Å². The van der Waals surface area contributed by atoms with Gasteiger partial charge in [0.2, 0.25) is 0 Å². The van der Waals surface area contributed by atoms with Crippen molar-refractivity contribution in [3.63, 3.8) is 0 Å². The molecule has 1 aromatic carbocycles. The van der Waals surface area contributed by atoms with Crippen LogP contribution >= 0.6 is 11.3 Å². The first-order valence-electron chi connectivity index (χ1n) is 8.22. The molecule has 0 saturated heterocycles. The molecule has 2 N–H and O–H groups in total. The van der Waals surface area contributed by atoms with Crippen LogP contribution in [0.25, 0.3) is 10.9 Å². The molecule has 1 amide bonds. The van der Waals surface area contributed by atoms with Crippen LogP contribution in [0.5, 0.6) is 5.75 Å². The Kier molecular flexibility index (Phi) is 3.88. The number of H-pyrrole nitrogens is 1. The van der Waals surface area contributed by atoms with E-state index in [1.807, 2.05) is 37.1 Å². The summed E-state index contributed by atoms with van der Waals surface area (Å²) in [5, 5.41) is 4.91. The number of thiazole rings is 1. The van der Waals surface area contributed by atoms with Crippen molar-refractivity contribution in [2.75, 3.05) is 26.0 Å². The average Bonchev–Trinajstić information content (AvgIpc) is 3.20. The molecule has 3 aromatic rings. The van der Waals surface area contributed by atoms with Crippen LogP contribution in [-0.4, -0.2) is 41.5 Å². The number of aromatic nitrogens is 2. The summed E-state index contributed by atoms with van der Waals surface area (Å²) in [4.78, 5) is 23.5. The lowest BCUT2D eigenvalue weighted by Gasteiger charge is -2.27. The zero-order valence-corrected chi connectivity index (χ0v) is 15.3. The molecular formula is C18H20N4O2S. The lowest BCUT2D eigenvalue weighted by Crippen LogP contribution is -2.35. The van der Waals surface area contributed by atoms with E-state index in [-0.39, 0.29) is 5.91 Å². The zero-order chi connectivity index (χ0) is 17.6. The SMILES string of the molecule is CNc1nc(C)c(C(=O)N2CCc3[nH]c4ccc(OC)cc4c3C2)s1. The quantitative estimate of drug-likeness (QED) is 0.756. The molecule has 0 spiro atoms. The molecule has 1 aliphatic heterocycles. The summed E-state index contributed by atoms with van der Waals surface area (Å²) in [6.45, 7) is 3.20. The number of methoxy groups -OCH3 is 1. The zero-order valence-electron chi connectivity index (χ0n) is 14.5. The van der Waals surface area contributed by atoms with Crippen molar-refractivity contribution >= 4 is 33.3 Å². The van der Waals surface area contributed by atoms with Gasteiger partial charge in [-0.1, -0.05) is 11.3 Å². The van der Waals surface area contributed by atoms with E-state index in [1.54, 1.807) is 7.11 Å². The van der Waals surface area contributed by atoms with E-state index in [9.17, 15) is 4.79 Å². The van der Waals surface area contributed by atoms with Gasteiger partial charge >= 0.3 is 0 Å². The highest BCUT2D eigenvalue weighted by atomic mass is 32.1. The van der Waals surface area contributed by atoms with Gasteiger partial charge in [0.1, 0.15) is 10.6 Å². The van der Waals surface area contributed by atoms with Crippen molar-refractivity contribution in [2.45, 2.75) is 19.9 Å². The number of nitrogens with one attached hydrogen (secondary N) is 2. The highest BCUT2D eigenvalue weighted by Gasteiger charge is 2.27. The number of aryl methyl sites for hydroxylation is 1. The Hall–Kier alpha value is -2.54. The van der Waals surface area contributed by atoms with Crippen LogP contribution in [0.4, 0.5) is 5.13 Å². The summed E-state index contributed by atoms with van der Waals surface area (Å²) in [6, 6.07) is 6.02. The number of carbonyl (C=O) groups is 1. The Balaban J connectivity index is 1.67. The normalized spacial score (nSPS) is 13.8. The number of carbonyl (C=O) groups excluding carboxylic acids is 1. The summed E-state index contributed by atoms with van der Waals surface area (Å²) in [5.74, 6) is 0.883. The minimum absolute atomic E-state index is 0.0550. The topological polar surface area (TPSA) is 70.2 Å². The fourth-order valence-corrected chi connectivity index (χ4v) is 4.23. The largest absolute Gasteiger partial charge is 0.497 e. The average molecular weight is 356 g/mol. The number of hydrogen-bond donors (Lipinski definition) is 2. The maximum Gasteiger partial charge on any atom is 0.266 e. The fourth-order valence-electron chi connectivity index (χ4n) is 3.34. The smallest absolute Gasteiger partial charge is 0.266 e. The summed E-state index contributed by atoms with van der Waals surface area (Å²) in [6.07, 6.45) is 0.828. The number of hydrogen-bond acceptors (Lipinski definition) is 5. The van der Waals surface area contributed by atoms with Crippen molar-refractivity contribution in [3.05, 3.63) is 40.0 Å². The second-order valence-electron chi connectivity index (χ2n) is 6.15. The number of anilines is 1. The molecule has 0 bridgehead atoms. The standard InChI is InChI=1S/C18H20N4O2S/c1-10-16(25-18(19-2)20-10)17(23)22-7-6-15-13(9-22)12-8-11(24-3)4-5-14(12)21-15/h4-5,8,21H,6-7,9H2,1-3H3,(H,19,20). The number of ether oxygens (including phenoxy) is 1. The van der Waals surface area contributed by atoms with Crippen LogP contribution in [0.15, 0.2) is 18.2 Å². The van der Waals surface area contributed by atoms with Crippen molar-refractivity contribution in [1.82, 2.24) is 14.9 Å². The third-order valence-electron chi connectivity index (χ3n) is 4.67. The first-order chi connectivity index (χ1) is 12.1. The second kappa shape index (κ2) is 6.07. The van der Waals surface area contributed by atoms with Gasteiger partial charge in [-0.3, -0.25) is 4.79 Å². The van der Waals surface area contributed by atoms with Gasteiger partial charge in [-0.25, -0.2) is 4.98 Å². The van der Waals surface area contributed by atoms with E-state index in [4.69, 9.17) is 4.74 Å². The van der Waals surface area contributed by atoms with Crippen molar-refractivity contribution in [1.29, 1.82) is 0 Å². The molecule has 0 atom stereocenters.